The Balaban J connectivity index is 1.68. The molecule has 0 fully saturated rings. The van der Waals surface area contributed by atoms with Gasteiger partial charge in [-0.1, -0.05) is 25.1 Å². The van der Waals surface area contributed by atoms with Gasteiger partial charge in [0.25, 0.3) is 0 Å². The van der Waals surface area contributed by atoms with Gasteiger partial charge in [-0.25, -0.2) is 19.7 Å². The van der Waals surface area contributed by atoms with Crippen LogP contribution in [0.1, 0.15) is 40.5 Å². The van der Waals surface area contributed by atoms with Crippen LogP contribution in [0.4, 0.5) is 11.5 Å². The summed E-state index contributed by atoms with van der Waals surface area (Å²) in [5, 5.41) is 11.1. The van der Waals surface area contributed by atoms with E-state index in [1.807, 2.05) is 48.7 Å². The van der Waals surface area contributed by atoms with Crippen LogP contribution >= 0.6 is 0 Å². The molecule has 9 heteroatoms. The number of imidazole rings is 1. The third kappa shape index (κ3) is 5.53. The van der Waals surface area contributed by atoms with Gasteiger partial charge in [0, 0.05) is 12.2 Å². The minimum absolute atomic E-state index is 0.220. The second-order valence-electron chi connectivity index (χ2n) is 8.40. The van der Waals surface area contributed by atoms with Crippen molar-refractivity contribution in [2.45, 2.75) is 65.5 Å². The Labute approximate surface area is 188 Å². The number of aliphatic hydroxyl groups is 1. The molecule has 0 spiro atoms. The van der Waals surface area contributed by atoms with Crippen molar-refractivity contribution >= 4 is 28.6 Å². The highest BCUT2D eigenvalue weighted by atomic mass is 16.5. The second-order valence-corrected chi connectivity index (χ2v) is 8.40. The predicted molar refractivity (Wildman–Crippen MR) is 124 cm³/mol. The molecule has 0 aliphatic carbocycles. The van der Waals surface area contributed by atoms with Crippen LogP contribution in [-0.4, -0.2) is 49.0 Å². The van der Waals surface area contributed by atoms with E-state index >= 15 is 0 Å². The minimum Gasteiger partial charge on any atom is -0.461 e. The van der Waals surface area contributed by atoms with Gasteiger partial charge in [0.15, 0.2) is 11.5 Å². The van der Waals surface area contributed by atoms with Crippen LogP contribution in [0.25, 0.3) is 11.2 Å². The molecule has 0 radical (unpaired) electrons. The molecule has 2 aromatic heterocycles. The first kappa shape index (κ1) is 23.5. The summed E-state index contributed by atoms with van der Waals surface area (Å²) in [5.41, 5.74) is 7.92. The van der Waals surface area contributed by atoms with E-state index < -0.39 is 12.3 Å². The number of esters is 1. The summed E-state index contributed by atoms with van der Waals surface area (Å²) in [6, 6.07) is 8.81. The number of nitrogens with two attached hydrogens (primary N) is 1. The van der Waals surface area contributed by atoms with Crippen molar-refractivity contribution < 1.29 is 14.6 Å². The van der Waals surface area contributed by atoms with Crippen molar-refractivity contribution in [2.75, 3.05) is 10.6 Å². The molecule has 0 unspecified atom stereocenters. The van der Waals surface area contributed by atoms with Gasteiger partial charge in [-0.05, 0) is 51.7 Å². The van der Waals surface area contributed by atoms with Crippen LogP contribution < -0.4 is 10.6 Å². The molecule has 9 nitrogen and oxygen atoms in total. The number of fused-ring (bicyclic) bond motifs is 1. The number of carbonyl (C=O) groups excluding carboxylic acids is 1. The van der Waals surface area contributed by atoms with E-state index in [2.05, 4.69) is 21.9 Å². The summed E-state index contributed by atoms with van der Waals surface area (Å²) in [4.78, 5) is 26.8. The summed E-state index contributed by atoms with van der Waals surface area (Å²) >= 11 is 0. The van der Waals surface area contributed by atoms with Crippen LogP contribution in [0.3, 0.4) is 0 Å². The highest BCUT2D eigenvalue weighted by Gasteiger charge is 2.29. The van der Waals surface area contributed by atoms with Crippen molar-refractivity contribution in [2.24, 2.45) is 5.92 Å². The van der Waals surface area contributed by atoms with Gasteiger partial charge in [0.1, 0.15) is 24.1 Å². The summed E-state index contributed by atoms with van der Waals surface area (Å²) < 4.78 is 7.33. The molecule has 3 rings (SSSR count). The lowest BCUT2D eigenvalue weighted by atomic mass is 10.0. The Morgan fingerprint density at radius 2 is 1.84 bits per heavy atom. The zero-order valence-electron chi connectivity index (χ0n) is 19.0. The maximum absolute atomic E-state index is 12.6. The molecule has 1 aromatic carbocycles. The number of hydrogen-bond donors (Lipinski definition) is 2. The van der Waals surface area contributed by atoms with Gasteiger partial charge >= 0.3 is 5.97 Å². The lowest BCUT2D eigenvalue weighted by Gasteiger charge is -2.35. The highest BCUT2D eigenvalue weighted by Crippen LogP contribution is 2.24. The number of ether oxygens (including phenoxy) is 1. The van der Waals surface area contributed by atoms with Crippen LogP contribution in [0.2, 0.25) is 0 Å². The van der Waals surface area contributed by atoms with Gasteiger partial charge in [0.2, 0.25) is 0 Å². The standard InChI is InChI=1S/C23H32N6O3/c1-15(2)32-23(31)17(4)29(18-8-6-5-7-9-18)19(30)11-10-16(3)12-28-14-27-20-21(24)25-13-26-22(20)28/h5-9,13-17,19,30H,10-12H2,1-4H3,(H2,24,25,26)/t16-,17-,19-/m0/s1. The molecule has 0 saturated heterocycles. The third-order valence-electron chi connectivity index (χ3n) is 5.34. The third-order valence-corrected chi connectivity index (χ3v) is 5.34. The van der Waals surface area contributed by atoms with E-state index in [0.717, 1.165) is 12.1 Å². The molecule has 172 valence electrons. The fraction of sp³-hybridized carbons (Fsp3) is 0.478. The number of nitrogens with zero attached hydrogens (tertiary/aromatic N) is 5. The molecule has 32 heavy (non-hydrogen) atoms. The van der Waals surface area contributed by atoms with Crippen LogP contribution in [0.5, 0.6) is 0 Å². The molecule has 0 bridgehead atoms. The van der Waals surface area contributed by atoms with Crippen LogP contribution in [0.15, 0.2) is 43.0 Å². The maximum Gasteiger partial charge on any atom is 0.328 e. The average Bonchev–Trinajstić information content (AvgIpc) is 3.16. The number of anilines is 2. The van der Waals surface area contributed by atoms with Crippen LogP contribution in [0, 0.1) is 5.92 Å². The van der Waals surface area contributed by atoms with Gasteiger partial charge < -0.3 is 25.0 Å². The maximum atomic E-state index is 12.6. The molecular weight excluding hydrogens is 408 g/mol. The lowest BCUT2D eigenvalue weighted by molar-refractivity contribution is -0.149. The minimum atomic E-state index is -0.841. The largest absolute Gasteiger partial charge is 0.461 e. The number of aromatic nitrogens is 4. The van der Waals surface area contributed by atoms with E-state index in [0.29, 0.717) is 29.9 Å². The van der Waals surface area contributed by atoms with E-state index in [1.165, 1.54) is 6.33 Å². The van der Waals surface area contributed by atoms with Gasteiger partial charge in [-0.15, -0.1) is 0 Å². The molecule has 2 heterocycles. The number of nitrogen functional groups attached to an aromatic ring is 1. The first-order chi connectivity index (χ1) is 15.3. The zero-order chi connectivity index (χ0) is 23.3. The topological polar surface area (TPSA) is 119 Å². The number of benzene rings is 1. The van der Waals surface area contributed by atoms with Crippen molar-refractivity contribution in [3.63, 3.8) is 0 Å². The molecule has 0 saturated carbocycles. The van der Waals surface area contributed by atoms with E-state index in [1.54, 1.807) is 18.2 Å². The Morgan fingerprint density at radius 1 is 1.12 bits per heavy atom. The van der Waals surface area contributed by atoms with Crippen molar-refractivity contribution in [3.8, 4) is 0 Å². The lowest BCUT2D eigenvalue weighted by Crippen LogP contribution is -2.47. The molecule has 0 aliphatic rings. The first-order valence-electron chi connectivity index (χ1n) is 10.9. The Morgan fingerprint density at radius 3 is 2.53 bits per heavy atom. The molecule has 3 N–H and O–H groups in total. The van der Waals surface area contributed by atoms with Crippen molar-refractivity contribution in [3.05, 3.63) is 43.0 Å². The average molecular weight is 441 g/mol. The molecular formula is C23H32N6O3. The van der Waals surface area contributed by atoms with Crippen LogP contribution in [-0.2, 0) is 16.1 Å². The molecule has 0 aliphatic heterocycles. The number of para-hydroxylation sites is 1. The zero-order valence-corrected chi connectivity index (χ0v) is 19.0. The van der Waals surface area contributed by atoms with E-state index in [4.69, 9.17) is 10.5 Å². The molecule has 3 atom stereocenters. The van der Waals surface area contributed by atoms with Crippen molar-refractivity contribution in [1.29, 1.82) is 0 Å². The summed E-state index contributed by atoms with van der Waals surface area (Å²) in [7, 11) is 0. The van der Waals surface area contributed by atoms with Crippen molar-refractivity contribution in [1.82, 2.24) is 19.5 Å². The smallest absolute Gasteiger partial charge is 0.328 e. The predicted octanol–water partition coefficient (Wildman–Crippen LogP) is 2.99. The fourth-order valence-corrected chi connectivity index (χ4v) is 3.73. The SMILES string of the molecule is CC(C)OC(=O)[C@H](C)N(c1ccccc1)[C@@H](O)CC[C@H](C)Cn1cnc2c(N)ncnc21. The van der Waals surface area contributed by atoms with Gasteiger partial charge in [-0.2, -0.15) is 0 Å². The van der Waals surface area contributed by atoms with Gasteiger partial charge in [-0.3, -0.25) is 0 Å². The quantitative estimate of drug-likeness (QED) is 0.365. The highest BCUT2D eigenvalue weighted by molar-refractivity contribution is 5.81. The number of hydrogen-bond acceptors (Lipinski definition) is 8. The number of aliphatic hydroxyl groups excluding tert-OH is 1. The summed E-state index contributed by atoms with van der Waals surface area (Å²) in [6.07, 6.45) is 3.30. The second kappa shape index (κ2) is 10.4. The summed E-state index contributed by atoms with van der Waals surface area (Å²) in [6.45, 7) is 8.16. The Hall–Kier alpha value is -3.20. The fourth-order valence-electron chi connectivity index (χ4n) is 3.73. The molecule has 3 aromatic rings. The first-order valence-corrected chi connectivity index (χ1v) is 10.9. The summed E-state index contributed by atoms with van der Waals surface area (Å²) in [5.74, 6) is 0.226. The van der Waals surface area contributed by atoms with Gasteiger partial charge in [0.05, 0.1) is 12.4 Å². The van der Waals surface area contributed by atoms with E-state index in [9.17, 15) is 9.90 Å². The molecule has 0 amide bonds. The Bertz CT molecular complexity index is 1020. The Kier molecular flexibility index (Phi) is 7.63. The number of rotatable bonds is 10. The normalized spacial score (nSPS) is 14.3. The number of carbonyl (C=O) groups is 1. The van der Waals surface area contributed by atoms with E-state index in [-0.39, 0.29) is 18.0 Å². The monoisotopic (exact) mass is 440 g/mol.